The van der Waals surface area contributed by atoms with Gasteiger partial charge >= 0.3 is 0 Å². The van der Waals surface area contributed by atoms with Crippen molar-refractivity contribution in [2.24, 2.45) is 0 Å². The van der Waals surface area contributed by atoms with Crippen molar-refractivity contribution in [2.45, 2.75) is 57.9 Å². The summed E-state index contributed by atoms with van der Waals surface area (Å²) in [6.45, 7) is 5.76. The van der Waals surface area contributed by atoms with Crippen LogP contribution in [0.2, 0.25) is 0 Å². The van der Waals surface area contributed by atoms with E-state index in [1.165, 1.54) is 45.1 Å². The summed E-state index contributed by atoms with van der Waals surface area (Å²) in [4.78, 5) is 0. The molecular weight excluding hydrogens is 134 g/mol. The maximum atomic E-state index is 3.67. The quantitative estimate of drug-likeness (QED) is 0.581. The molecule has 1 N–H and O–H groups in total. The van der Waals surface area contributed by atoms with Crippen LogP contribution in [0.5, 0.6) is 0 Å². The van der Waals surface area contributed by atoms with Gasteiger partial charge in [-0.3, -0.25) is 0 Å². The van der Waals surface area contributed by atoms with Gasteiger partial charge in [0.25, 0.3) is 0 Å². The SMILES string of the molecule is CCCCNC1(CCC)CC1. The molecule has 0 heterocycles. The molecular formula is C10H21N. The van der Waals surface area contributed by atoms with Gasteiger partial charge in [-0.15, -0.1) is 0 Å². The molecule has 1 fully saturated rings. The summed E-state index contributed by atoms with van der Waals surface area (Å²) >= 11 is 0. The van der Waals surface area contributed by atoms with Crippen molar-refractivity contribution < 1.29 is 0 Å². The Labute approximate surface area is 70.6 Å². The zero-order valence-corrected chi connectivity index (χ0v) is 7.95. The van der Waals surface area contributed by atoms with Crippen LogP contribution in [-0.4, -0.2) is 12.1 Å². The van der Waals surface area contributed by atoms with Crippen LogP contribution in [0.15, 0.2) is 0 Å². The topological polar surface area (TPSA) is 12.0 Å². The molecule has 0 saturated heterocycles. The van der Waals surface area contributed by atoms with Crippen molar-refractivity contribution in [3.8, 4) is 0 Å². The Morgan fingerprint density at radius 1 is 1.18 bits per heavy atom. The summed E-state index contributed by atoms with van der Waals surface area (Å²) in [5.41, 5.74) is 0.601. The Morgan fingerprint density at radius 3 is 2.36 bits per heavy atom. The number of hydrogen-bond acceptors (Lipinski definition) is 1. The van der Waals surface area contributed by atoms with Gasteiger partial charge in [0.05, 0.1) is 0 Å². The first kappa shape index (κ1) is 9.05. The van der Waals surface area contributed by atoms with E-state index in [2.05, 4.69) is 19.2 Å². The summed E-state index contributed by atoms with van der Waals surface area (Å²) in [7, 11) is 0. The Balaban J connectivity index is 2.04. The third-order valence-electron chi connectivity index (χ3n) is 2.61. The first-order chi connectivity index (χ1) is 5.33. The van der Waals surface area contributed by atoms with E-state index >= 15 is 0 Å². The molecule has 1 heteroatoms. The van der Waals surface area contributed by atoms with Crippen LogP contribution in [0.25, 0.3) is 0 Å². The first-order valence-corrected chi connectivity index (χ1v) is 5.08. The van der Waals surface area contributed by atoms with Crippen molar-refractivity contribution in [3.63, 3.8) is 0 Å². The molecule has 1 saturated carbocycles. The van der Waals surface area contributed by atoms with Crippen LogP contribution in [0.1, 0.15) is 52.4 Å². The van der Waals surface area contributed by atoms with Gasteiger partial charge in [0.2, 0.25) is 0 Å². The van der Waals surface area contributed by atoms with Crippen LogP contribution < -0.4 is 5.32 Å². The number of rotatable bonds is 6. The lowest BCUT2D eigenvalue weighted by atomic mass is 10.1. The highest BCUT2D eigenvalue weighted by atomic mass is 15.0. The van der Waals surface area contributed by atoms with E-state index in [1.54, 1.807) is 0 Å². The predicted octanol–water partition coefficient (Wildman–Crippen LogP) is 2.71. The number of hydrogen-bond donors (Lipinski definition) is 1. The minimum atomic E-state index is 0.601. The minimum Gasteiger partial charge on any atom is -0.311 e. The van der Waals surface area contributed by atoms with Crippen molar-refractivity contribution in [1.82, 2.24) is 5.32 Å². The van der Waals surface area contributed by atoms with E-state index < -0.39 is 0 Å². The fourth-order valence-electron chi connectivity index (χ4n) is 1.67. The van der Waals surface area contributed by atoms with E-state index in [4.69, 9.17) is 0 Å². The Hall–Kier alpha value is -0.0400. The molecule has 0 radical (unpaired) electrons. The fourth-order valence-corrected chi connectivity index (χ4v) is 1.67. The van der Waals surface area contributed by atoms with Crippen LogP contribution >= 0.6 is 0 Å². The van der Waals surface area contributed by atoms with Gasteiger partial charge in [-0.2, -0.15) is 0 Å². The zero-order chi connectivity index (χ0) is 8.16. The van der Waals surface area contributed by atoms with Crippen molar-refractivity contribution in [1.29, 1.82) is 0 Å². The molecule has 1 aliphatic carbocycles. The first-order valence-electron chi connectivity index (χ1n) is 5.08. The lowest BCUT2D eigenvalue weighted by Crippen LogP contribution is -2.31. The number of nitrogens with one attached hydrogen (secondary N) is 1. The smallest absolute Gasteiger partial charge is 0.0182 e. The molecule has 0 aromatic heterocycles. The molecule has 0 spiro atoms. The Kier molecular flexibility index (Phi) is 3.38. The van der Waals surface area contributed by atoms with Crippen molar-refractivity contribution in [3.05, 3.63) is 0 Å². The van der Waals surface area contributed by atoms with Crippen molar-refractivity contribution >= 4 is 0 Å². The molecule has 0 bridgehead atoms. The standard InChI is InChI=1S/C10H21N/c1-3-5-9-11-10(6-4-2)7-8-10/h11H,3-9H2,1-2H3. The highest BCUT2D eigenvalue weighted by molar-refractivity contribution is 5.01. The highest BCUT2D eigenvalue weighted by Gasteiger charge is 2.40. The van der Waals surface area contributed by atoms with Gasteiger partial charge in [-0.05, 0) is 32.2 Å². The van der Waals surface area contributed by atoms with E-state index in [1.807, 2.05) is 0 Å². The maximum Gasteiger partial charge on any atom is 0.0182 e. The molecule has 0 unspecified atom stereocenters. The maximum absolute atomic E-state index is 3.67. The molecule has 1 rings (SSSR count). The second-order valence-electron chi connectivity index (χ2n) is 3.81. The third-order valence-corrected chi connectivity index (χ3v) is 2.61. The van der Waals surface area contributed by atoms with Gasteiger partial charge in [0.1, 0.15) is 0 Å². The lowest BCUT2D eigenvalue weighted by Gasteiger charge is -2.15. The van der Waals surface area contributed by atoms with E-state index in [9.17, 15) is 0 Å². The summed E-state index contributed by atoms with van der Waals surface area (Å²) in [6.07, 6.45) is 8.21. The van der Waals surface area contributed by atoms with Crippen LogP contribution in [0.3, 0.4) is 0 Å². The largest absolute Gasteiger partial charge is 0.311 e. The van der Waals surface area contributed by atoms with E-state index in [0.29, 0.717) is 5.54 Å². The second kappa shape index (κ2) is 4.10. The molecule has 0 amide bonds. The minimum absolute atomic E-state index is 0.601. The van der Waals surface area contributed by atoms with E-state index in [-0.39, 0.29) is 0 Å². The molecule has 11 heavy (non-hydrogen) atoms. The summed E-state index contributed by atoms with van der Waals surface area (Å²) in [5.74, 6) is 0. The molecule has 0 aliphatic heterocycles. The summed E-state index contributed by atoms with van der Waals surface area (Å²) < 4.78 is 0. The van der Waals surface area contributed by atoms with Gasteiger partial charge in [-0.1, -0.05) is 26.7 Å². The van der Waals surface area contributed by atoms with Crippen LogP contribution in [-0.2, 0) is 0 Å². The predicted molar refractivity (Wildman–Crippen MR) is 49.8 cm³/mol. The molecule has 0 aromatic rings. The monoisotopic (exact) mass is 155 g/mol. The summed E-state index contributed by atoms with van der Waals surface area (Å²) in [6, 6.07) is 0. The molecule has 0 atom stereocenters. The average Bonchev–Trinajstić information content (AvgIpc) is 2.71. The van der Waals surface area contributed by atoms with Gasteiger partial charge in [0, 0.05) is 5.54 Å². The van der Waals surface area contributed by atoms with Crippen LogP contribution in [0, 0.1) is 0 Å². The Morgan fingerprint density at radius 2 is 1.91 bits per heavy atom. The normalized spacial score (nSPS) is 20.2. The van der Waals surface area contributed by atoms with Crippen LogP contribution in [0.4, 0.5) is 0 Å². The fraction of sp³-hybridized carbons (Fsp3) is 1.00. The van der Waals surface area contributed by atoms with E-state index in [0.717, 1.165) is 0 Å². The van der Waals surface area contributed by atoms with Gasteiger partial charge in [0.15, 0.2) is 0 Å². The second-order valence-corrected chi connectivity index (χ2v) is 3.81. The number of unbranched alkanes of at least 4 members (excludes halogenated alkanes) is 1. The summed E-state index contributed by atoms with van der Waals surface area (Å²) in [5, 5.41) is 3.67. The average molecular weight is 155 g/mol. The molecule has 1 aliphatic rings. The Bertz CT molecular complexity index is 105. The van der Waals surface area contributed by atoms with Gasteiger partial charge in [-0.25, -0.2) is 0 Å². The zero-order valence-electron chi connectivity index (χ0n) is 7.95. The molecule has 1 nitrogen and oxygen atoms in total. The lowest BCUT2D eigenvalue weighted by molar-refractivity contribution is 0.453. The van der Waals surface area contributed by atoms with Gasteiger partial charge < -0.3 is 5.32 Å². The molecule has 0 aromatic carbocycles. The van der Waals surface area contributed by atoms with Crippen molar-refractivity contribution in [2.75, 3.05) is 6.54 Å². The third kappa shape index (κ3) is 2.82. The highest BCUT2D eigenvalue weighted by Crippen LogP contribution is 2.39. The molecule has 66 valence electrons.